The maximum Gasteiger partial charge on any atom is 0.160 e. The van der Waals surface area contributed by atoms with E-state index in [0.717, 1.165) is 61.6 Å². The molecule has 0 radical (unpaired) electrons. The first kappa shape index (κ1) is 79.1. The van der Waals surface area contributed by atoms with Gasteiger partial charge in [0, 0.05) is 27.6 Å². The Hall–Kier alpha value is -17.9. The Bertz CT molecular complexity index is 9590. The van der Waals surface area contributed by atoms with E-state index in [1.807, 2.05) is 0 Å². The summed E-state index contributed by atoms with van der Waals surface area (Å²) >= 11 is 0. The lowest BCUT2D eigenvalue weighted by molar-refractivity contribution is 1.23. The first-order valence-corrected chi connectivity index (χ1v) is 46.8. The van der Waals surface area contributed by atoms with Crippen LogP contribution in [0.4, 0.5) is 0 Å². The molecule has 2 heterocycles. The van der Waals surface area contributed by atoms with Crippen molar-refractivity contribution in [2.45, 2.75) is 0 Å². The number of nitrogens with zero attached hydrogens (tertiary/aromatic N) is 3. The van der Waals surface area contributed by atoms with Gasteiger partial charge in [0.15, 0.2) is 5.82 Å². The number of para-hydroxylation sites is 1. The zero-order valence-corrected chi connectivity index (χ0v) is 74.3. The van der Waals surface area contributed by atoms with Crippen LogP contribution in [0.5, 0.6) is 0 Å². The fourth-order valence-electron chi connectivity index (χ4n) is 21.9. The normalized spacial score (nSPS) is 11.7. The highest BCUT2D eigenvalue weighted by atomic mass is 14.9. The highest BCUT2D eigenvalue weighted by Gasteiger charge is 2.24. The smallest absolute Gasteiger partial charge is 0.160 e. The molecule has 0 fully saturated rings. The van der Waals surface area contributed by atoms with Crippen molar-refractivity contribution in [3.05, 3.63) is 504 Å². The minimum atomic E-state index is 0.718. The fraction of sp³-hybridized carbons (Fsp3) is 0. The second-order valence-electron chi connectivity index (χ2n) is 35.7. The number of hydrogen-bond donors (Lipinski definition) is 0. The highest BCUT2D eigenvalue weighted by molar-refractivity contribution is 6.34. The summed E-state index contributed by atoms with van der Waals surface area (Å²) in [7, 11) is 0. The minimum Gasteiger partial charge on any atom is -0.248 e. The summed E-state index contributed by atoms with van der Waals surface area (Å²) in [5, 5.41) is 39.1. The number of hydrogen-bond acceptors (Lipinski definition) is 3. The van der Waals surface area contributed by atoms with Gasteiger partial charge in [-0.2, -0.15) is 0 Å². The van der Waals surface area contributed by atoms with Crippen molar-refractivity contribution in [2.75, 3.05) is 0 Å². The summed E-state index contributed by atoms with van der Waals surface area (Å²) in [4.78, 5) is 16.0. The van der Waals surface area contributed by atoms with E-state index in [2.05, 4.69) is 504 Å². The van der Waals surface area contributed by atoms with E-state index in [-0.39, 0.29) is 0 Å². The maximum atomic E-state index is 5.41. The summed E-state index contributed by atoms with van der Waals surface area (Å²) < 4.78 is 0. The fourth-order valence-corrected chi connectivity index (χ4v) is 21.9. The topological polar surface area (TPSA) is 38.7 Å². The largest absolute Gasteiger partial charge is 0.248 e. The molecule has 0 saturated carbocycles. The van der Waals surface area contributed by atoms with Gasteiger partial charge in [-0.05, 0) is 284 Å². The van der Waals surface area contributed by atoms with Crippen LogP contribution in [-0.2, 0) is 0 Å². The van der Waals surface area contributed by atoms with Gasteiger partial charge >= 0.3 is 0 Å². The van der Waals surface area contributed by atoms with Crippen LogP contribution in [0.1, 0.15) is 0 Å². The molecule has 0 N–H and O–H groups in total. The van der Waals surface area contributed by atoms with Crippen LogP contribution in [0.3, 0.4) is 0 Å². The molecule has 0 saturated heterocycles. The Kier molecular flexibility index (Phi) is 19.3. The van der Waals surface area contributed by atoms with Crippen molar-refractivity contribution in [1.82, 2.24) is 15.0 Å². The minimum absolute atomic E-state index is 0.718. The van der Waals surface area contributed by atoms with E-state index >= 15 is 0 Å². The predicted molar refractivity (Wildman–Crippen MR) is 582 cm³/mol. The van der Waals surface area contributed by atoms with Crippen LogP contribution in [0.25, 0.3) is 273 Å². The molecule has 0 aliphatic rings. The molecule has 28 aromatic rings. The zero-order valence-electron chi connectivity index (χ0n) is 74.3. The number of rotatable bonds is 9. The molecule has 0 bridgehead atoms. The predicted octanol–water partition coefficient (Wildman–Crippen LogP) is 36.7. The van der Waals surface area contributed by atoms with Crippen molar-refractivity contribution in [3.63, 3.8) is 0 Å². The second-order valence-corrected chi connectivity index (χ2v) is 35.7. The quantitative estimate of drug-likeness (QED) is 0.135. The molecule has 0 aliphatic carbocycles. The van der Waals surface area contributed by atoms with Crippen LogP contribution in [0.15, 0.2) is 504 Å². The van der Waals surface area contributed by atoms with Crippen LogP contribution in [0, 0.1) is 0 Å². The van der Waals surface area contributed by atoms with Crippen LogP contribution < -0.4 is 0 Å². The van der Waals surface area contributed by atoms with Gasteiger partial charge in [-0.15, -0.1) is 0 Å². The van der Waals surface area contributed by atoms with Gasteiger partial charge in [0.2, 0.25) is 0 Å². The van der Waals surface area contributed by atoms with Crippen molar-refractivity contribution in [2.24, 2.45) is 0 Å². The van der Waals surface area contributed by atoms with Crippen LogP contribution in [0.2, 0.25) is 0 Å². The van der Waals surface area contributed by atoms with E-state index < -0.39 is 0 Å². The first-order valence-electron chi connectivity index (χ1n) is 46.8. The molecule has 26 aromatic carbocycles. The molecule has 630 valence electrons. The van der Waals surface area contributed by atoms with E-state index in [1.165, 1.54) is 212 Å². The van der Waals surface area contributed by atoms with Gasteiger partial charge < -0.3 is 0 Å². The number of pyridine rings is 1. The third-order valence-electron chi connectivity index (χ3n) is 28.0. The molecular formula is C133H83N3. The first-order chi connectivity index (χ1) is 67.5. The maximum absolute atomic E-state index is 5.41. The number of fused-ring (bicyclic) bond motifs is 31. The van der Waals surface area contributed by atoms with Gasteiger partial charge in [-0.25, -0.2) is 15.0 Å². The Labute approximate surface area is 786 Å². The lowest BCUT2D eigenvalue weighted by Gasteiger charge is -2.18. The second kappa shape index (κ2) is 33.2. The SMILES string of the molecule is c1ccc(-c2cc(-c3ccccc3)c3c4ccccc4c4ccccc4c3c2)cc1.c1ccc(-c2cc(-c3ccccc3)nc(-c3cc(-c4ccc5c6ccccc6c6ccccc6c5c4)c4c5ccccc5c5ccccc5c4c3)c2)cc1.c1ccc(-c2nc(-c3cc(-c4ccc5c6ccccc6c6ccccc6c5c4)c4c5ccccc5c5ccccc5c4c3)nc3ccccc23)cc1. The van der Waals surface area contributed by atoms with E-state index in [1.54, 1.807) is 0 Å². The van der Waals surface area contributed by atoms with Crippen molar-refractivity contribution < 1.29 is 0 Å². The lowest BCUT2D eigenvalue weighted by atomic mass is 9.86. The van der Waals surface area contributed by atoms with Crippen molar-refractivity contribution >= 4 is 172 Å². The average Bonchev–Trinajstić information content (AvgIpc) is 0.724. The summed E-state index contributed by atoms with van der Waals surface area (Å²) in [6.07, 6.45) is 0. The number of aromatic nitrogens is 3. The zero-order chi connectivity index (χ0) is 89.7. The standard InChI is InChI=1S/C53H33N.C50H30N2.C30H20/c1-3-15-34(16-4-1)37-32-51(35-17-5-2-6-18-35)54-52(33-37)38-30-48(53-47-26-14-13-23-43(47)42-22-10-12-25-45(42)50(53)31-38)36-27-28-46-41-21-8-7-19-39(41)40-20-9-11-24-44(40)49(46)29-36;1-2-14-31(15-3-1)49-43-24-12-13-25-47(43)51-50(52-49)33-29-44(48-42-23-11-10-20-38(42)37-19-7-9-22-40(37)46(48)30-33)32-26-27-41-36-18-5-4-16-34(36)35-17-6-8-21-39(35)45(41)28-32;1-3-11-21(12-4-1)23-19-28(22-13-5-2-6-14-22)30-27-18-10-9-16-25(27)24-15-7-8-17-26(24)29(30)20-23/h1-33H;1-30H;1-20H. The third-order valence-corrected chi connectivity index (χ3v) is 28.0. The molecular weight excluding hydrogens is 1640 g/mol. The summed E-state index contributed by atoms with van der Waals surface area (Å²) in [5.74, 6) is 0.718. The molecule has 3 heteroatoms. The Morgan fingerprint density at radius 3 is 0.721 bits per heavy atom. The van der Waals surface area contributed by atoms with E-state index in [0.29, 0.717) is 0 Å². The van der Waals surface area contributed by atoms with Gasteiger partial charge in [-0.3, -0.25) is 0 Å². The van der Waals surface area contributed by atoms with Crippen LogP contribution in [-0.4, -0.2) is 15.0 Å². The number of benzene rings is 26. The lowest BCUT2D eigenvalue weighted by Crippen LogP contribution is -1.96. The van der Waals surface area contributed by atoms with Crippen molar-refractivity contribution in [1.29, 1.82) is 0 Å². The Balaban J connectivity index is 0.000000110. The highest BCUT2D eigenvalue weighted by Crippen LogP contribution is 2.50. The molecule has 0 amide bonds. The molecule has 0 spiro atoms. The van der Waals surface area contributed by atoms with Crippen LogP contribution >= 0.6 is 0 Å². The molecule has 0 aliphatic heterocycles. The molecule has 28 rings (SSSR count). The molecule has 2 aromatic heterocycles. The summed E-state index contributed by atoms with van der Waals surface area (Å²) in [6.45, 7) is 0. The van der Waals surface area contributed by atoms with Crippen molar-refractivity contribution in [3.8, 4) is 101 Å². The molecule has 3 nitrogen and oxygen atoms in total. The van der Waals surface area contributed by atoms with E-state index in [9.17, 15) is 0 Å². The van der Waals surface area contributed by atoms with Gasteiger partial charge in [0.05, 0.1) is 22.6 Å². The molecule has 0 atom stereocenters. The Morgan fingerprint density at radius 1 is 0.110 bits per heavy atom. The average molecular weight is 1720 g/mol. The summed E-state index contributed by atoms with van der Waals surface area (Å²) in [5.41, 5.74) is 20.1. The van der Waals surface area contributed by atoms with Gasteiger partial charge in [0.1, 0.15) is 0 Å². The molecule has 136 heavy (non-hydrogen) atoms. The monoisotopic (exact) mass is 1720 g/mol. The third kappa shape index (κ3) is 13.5. The Morgan fingerprint density at radius 2 is 0.346 bits per heavy atom. The summed E-state index contributed by atoms with van der Waals surface area (Å²) in [6, 6.07) is 182. The molecule has 0 unspecified atom stereocenters. The van der Waals surface area contributed by atoms with Gasteiger partial charge in [0.25, 0.3) is 0 Å². The van der Waals surface area contributed by atoms with E-state index in [4.69, 9.17) is 15.0 Å². The van der Waals surface area contributed by atoms with Gasteiger partial charge in [-0.1, -0.05) is 437 Å².